The largest absolute Gasteiger partial charge is 0.324 e. The molecule has 1 N–H and O–H groups in total. The Bertz CT molecular complexity index is 528. The van der Waals surface area contributed by atoms with Crippen molar-refractivity contribution in [3.05, 3.63) is 35.6 Å². The average Bonchev–Trinajstić information content (AvgIpc) is 2.22. The lowest BCUT2D eigenvalue weighted by Gasteiger charge is -2.08. The number of nitrogens with one attached hydrogen (secondary N) is 1. The zero-order valence-corrected chi connectivity index (χ0v) is 10.1. The van der Waals surface area contributed by atoms with E-state index >= 15 is 0 Å². The summed E-state index contributed by atoms with van der Waals surface area (Å²) in [6.07, 6.45) is 3.39. The second kappa shape index (κ2) is 5.14. The summed E-state index contributed by atoms with van der Waals surface area (Å²) in [4.78, 5) is 15.0. The highest BCUT2D eigenvalue weighted by Gasteiger charge is 2.06. The highest BCUT2D eigenvalue weighted by Crippen LogP contribution is 2.30. The van der Waals surface area contributed by atoms with E-state index in [0.717, 1.165) is 10.8 Å². The summed E-state index contributed by atoms with van der Waals surface area (Å²) in [6.45, 7) is 1.45. The number of fused-ring (bicyclic) bond motifs is 1. The van der Waals surface area contributed by atoms with Crippen LogP contribution in [0.25, 0.3) is 10.8 Å². The van der Waals surface area contributed by atoms with Crippen LogP contribution >= 0.6 is 24.0 Å². The SMILES string of the molecule is CC(=O)Nc1c(Cl)ccc2ccncc12.Cl. The van der Waals surface area contributed by atoms with Gasteiger partial charge in [0.1, 0.15) is 0 Å². The molecule has 1 aromatic heterocycles. The van der Waals surface area contributed by atoms with Crippen LogP contribution in [0, 0.1) is 0 Å². The molecular formula is C11H10Cl2N2O. The summed E-state index contributed by atoms with van der Waals surface area (Å²) in [5.74, 6) is -0.145. The van der Waals surface area contributed by atoms with Gasteiger partial charge in [-0.1, -0.05) is 17.7 Å². The van der Waals surface area contributed by atoms with Crippen molar-refractivity contribution in [1.29, 1.82) is 0 Å². The van der Waals surface area contributed by atoms with Crippen LogP contribution in [0.2, 0.25) is 5.02 Å². The van der Waals surface area contributed by atoms with E-state index in [1.807, 2.05) is 12.1 Å². The summed E-state index contributed by atoms with van der Waals surface area (Å²) in [6, 6.07) is 5.52. The van der Waals surface area contributed by atoms with Crippen LogP contribution in [-0.2, 0) is 4.79 Å². The van der Waals surface area contributed by atoms with Gasteiger partial charge in [0, 0.05) is 24.7 Å². The molecule has 0 aliphatic heterocycles. The molecule has 16 heavy (non-hydrogen) atoms. The molecule has 0 aliphatic rings. The minimum Gasteiger partial charge on any atom is -0.324 e. The van der Waals surface area contributed by atoms with E-state index in [-0.39, 0.29) is 18.3 Å². The molecule has 0 aliphatic carbocycles. The van der Waals surface area contributed by atoms with Crippen molar-refractivity contribution in [1.82, 2.24) is 4.98 Å². The van der Waals surface area contributed by atoms with Gasteiger partial charge in [-0.2, -0.15) is 0 Å². The first kappa shape index (κ1) is 12.7. The van der Waals surface area contributed by atoms with Gasteiger partial charge in [0.15, 0.2) is 0 Å². The maximum atomic E-state index is 11.0. The zero-order chi connectivity index (χ0) is 10.8. The Balaban J connectivity index is 0.00000128. The van der Waals surface area contributed by atoms with Crippen LogP contribution in [0.1, 0.15) is 6.92 Å². The van der Waals surface area contributed by atoms with Crippen LogP contribution in [0.3, 0.4) is 0 Å². The Kier molecular flexibility index (Phi) is 4.10. The number of rotatable bonds is 1. The Labute approximate surface area is 104 Å². The van der Waals surface area contributed by atoms with E-state index in [9.17, 15) is 4.79 Å². The summed E-state index contributed by atoms with van der Waals surface area (Å²) in [7, 11) is 0. The molecule has 0 bridgehead atoms. The van der Waals surface area contributed by atoms with Crippen LogP contribution in [-0.4, -0.2) is 10.9 Å². The van der Waals surface area contributed by atoms with Crippen molar-refractivity contribution < 1.29 is 4.79 Å². The van der Waals surface area contributed by atoms with Gasteiger partial charge < -0.3 is 5.32 Å². The van der Waals surface area contributed by atoms with E-state index in [1.54, 1.807) is 18.5 Å². The molecular weight excluding hydrogens is 247 g/mol. The van der Waals surface area contributed by atoms with Crippen LogP contribution < -0.4 is 5.32 Å². The molecule has 1 aromatic carbocycles. The molecule has 0 saturated heterocycles. The third-order valence-corrected chi connectivity index (χ3v) is 2.39. The first-order valence-electron chi connectivity index (χ1n) is 4.48. The topological polar surface area (TPSA) is 42.0 Å². The number of pyridine rings is 1. The van der Waals surface area contributed by atoms with Crippen LogP contribution in [0.5, 0.6) is 0 Å². The van der Waals surface area contributed by atoms with Crippen LogP contribution in [0.4, 0.5) is 5.69 Å². The standard InChI is InChI=1S/C11H9ClN2O.ClH/c1-7(15)14-11-9-6-13-5-4-8(9)2-3-10(11)12;/h2-6H,1H3,(H,14,15);1H. The summed E-state index contributed by atoms with van der Waals surface area (Å²) in [5.41, 5.74) is 0.620. The molecule has 84 valence electrons. The maximum Gasteiger partial charge on any atom is 0.221 e. The average molecular weight is 257 g/mol. The third-order valence-electron chi connectivity index (χ3n) is 2.07. The molecule has 0 fully saturated rings. The first-order valence-corrected chi connectivity index (χ1v) is 4.86. The van der Waals surface area contributed by atoms with Crippen molar-refractivity contribution in [3.63, 3.8) is 0 Å². The fourth-order valence-electron chi connectivity index (χ4n) is 1.44. The highest BCUT2D eigenvalue weighted by atomic mass is 35.5. The molecule has 0 radical (unpaired) electrons. The maximum absolute atomic E-state index is 11.0. The number of carbonyl (C=O) groups excluding carboxylic acids is 1. The quantitative estimate of drug-likeness (QED) is 0.851. The Morgan fingerprint density at radius 2 is 2.12 bits per heavy atom. The summed E-state index contributed by atoms with van der Waals surface area (Å²) in [5, 5.41) is 5.07. The second-order valence-corrected chi connectivity index (χ2v) is 3.61. The van der Waals surface area contributed by atoms with Crippen molar-refractivity contribution in [2.45, 2.75) is 6.92 Å². The number of benzene rings is 1. The number of amides is 1. The normalized spacial score (nSPS) is 9.62. The monoisotopic (exact) mass is 256 g/mol. The Morgan fingerprint density at radius 1 is 1.38 bits per heavy atom. The highest BCUT2D eigenvalue weighted by molar-refractivity contribution is 6.35. The number of aromatic nitrogens is 1. The first-order chi connectivity index (χ1) is 7.18. The van der Waals surface area contributed by atoms with Gasteiger partial charge >= 0.3 is 0 Å². The fraction of sp³-hybridized carbons (Fsp3) is 0.0909. The third kappa shape index (κ3) is 2.43. The molecule has 2 rings (SSSR count). The lowest BCUT2D eigenvalue weighted by atomic mass is 10.1. The predicted molar refractivity (Wildman–Crippen MR) is 68.3 cm³/mol. The van der Waals surface area contributed by atoms with Crippen molar-refractivity contribution in [2.24, 2.45) is 0 Å². The molecule has 0 spiro atoms. The summed E-state index contributed by atoms with van der Waals surface area (Å²) < 4.78 is 0. The number of anilines is 1. The number of hydrogen-bond acceptors (Lipinski definition) is 2. The van der Waals surface area contributed by atoms with Gasteiger partial charge in [-0.15, -0.1) is 12.4 Å². The molecule has 5 heteroatoms. The Morgan fingerprint density at radius 3 is 2.81 bits per heavy atom. The van der Waals surface area contributed by atoms with Crippen molar-refractivity contribution in [2.75, 3.05) is 5.32 Å². The van der Waals surface area contributed by atoms with Crippen molar-refractivity contribution in [3.8, 4) is 0 Å². The van der Waals surface area contributed by atoms with Gasteiger partial charge in [-0.3, -0.25) is 9.78 Å². The fourth-order valence-corrected chi connectivity index (χ4v) is 1.65. The van der Waals surface area contributed by atoms with Gasteiger partial charge in [-0.25, -0.2) is 0 Å². The molecule has 0 saturated carbocycles. The molecule has 1 heterocycles. The smallest absolute Gasteiger partial charge is 0.221 e. The van der Waals surface area contributed by atoms with Gasteiger partial charge in [0.2, 0.25) is 5.91 Å². The van der Waals surface area contributed by atoms with Gasteiger partial charge in [-0.05, 0) is 17.5 Å². The molecule has 0 unspecified atom stereocenters. The van der Waals surface area contributed by atoms with Crippen LogP contribution in [0.15, 0.2) is 30.6 Å². The molecule has 3 nitrogen and oxygen atoms in total. The lowest BCUT2D eigenvalue weighted by molar-refractivity contribution is -0.114. The number of halogens is 2. The van der Waals surface area contributed by atoms with E-state index in [0.29, 0.717) is 10.7 Å². The van der Waals surface area contributed by atoms with E-state index in [4.69, 9.17) is 11.6 Å². The summed E-state index contributed by atoms with van der Waals surface area (Å²) >= 11 is 6.00. The number of hydrogen-bond donors (Lipinski definition) is 1. The van der Waals surface area contributed by atoms with E-state index in [2.05, 4.69) is 10.3 Å². The molecule has 0 atom stereocenters. The van der Waals surface area contributed by atoms with E-state index in [1.165, 1.54) is 6.92 Å². The Hall–Kier alpha value is -1.32. The predicted octanol–water partition coefficient (Wildman–Crippen LogP) is 3.27. The minimum absolute atomic E-state index is 0. The van der Waals surface area contributed by atoms with E-state index < -0.39 is 0 Å². The second-order valence-electron chi connectivity index (χ2n) is 3.20. The van der Waals surface area contributed by atoms with Gasteiger partial charge in [0.25, 0.3) is 0 Å². The molecule has 2 aromatic rings. The van der Waals surface area contributed by atoms with Crippen molar-refractivity contribution >= 4 is 46.4 Å². The van der Waals surface area contributed by atoms with Gasteiger partial charge in [0.05, 0.1) is 10.7 Å². The zero-order valence-electron chi connectivity index (χ0n) is 8.53. The lowest BCUT2D eigenvalue weighted by Crippen LogP contribution is -2.06. The number of nitrogens with zero attached hydrogens (tertiary/aromatic N) is 1. The molecule has 1 amide bonds. The number of carbonyl (C=O) groups is 1. The minimum atomic E-state index is -0.145.